The number of imide groups is 1. The van der Waals surface area contributed by atoms with E-state index in [1.165, 1.54) is 4.90 Å². The summed E-state index contributed by atoms with van der Waals surface area (Å²) < 4.78 is 0. The Morgan fingerprint density at radius 1 is 1.08 bits per heavy atom. The van der Waals surface area contributed by atoms with E-state index in [4.69, 9.17) is 0 Å². The van der Waals surface area contributed by atoms with E-state index in [2.05, 4.69) is 11.9 Å². The number of hydrogen-bond donors (Lipinski definition) is 0. The lowest BCUT2D eigenvalue weighted by Crippen LogP contribution is -2.29. The van der Waals surface area contributed by atoms with E-state index in [1.54, 1.807) is 0 Å². The smallest absolute Gasteiger partial charge is 0.237 e. The molecule has 1 heterocycles. The second-order valence-electron chi connectivity index (χ2n) is 6.22. The van der Waals surface area contributed by atoms with Gasteiger partial charge in [-0.15, -0.1) is 0 Å². The molecule has 128 valence electrons. The number of carbonyl (C=O) groups is 2. The molecule has 0 bridgehead atoms. The van der Waals surface area contributed by atoms with Gasteiger partial charge in [0.1, 0.15) is 0 Å². The molecule has 4 heteroatoms. The molecule has 1 fully saturated rings. The van der Waals surface area contributed by atoms with Crippen LogP contribution in [0, 0.1) is 0 Å². The quantitative estimate of drug-likeness (QED) is 0.586. The second kappa shape index (κ2) is 7.88. The van der Waals surface area contributed by atoms with Crippen LogP contribution in [0.1, 0.15) is 43.2 Å². The van der Waals surface area contributed by atoms with Gasteiger partial charge in [0.2, 0.25) is 11.8 Å². The van der Waals surface area contributed by atoms with Gasteiger partial charge < -0.3 is 0 Å². The minimum atomic E-state index is -0.439. The molecule has 2 aromatic rings. The molecule has 2 amide bonds. The van der Waals surface area contributed by atoms with E-state index in [0.29, 0.717) is 6.54 Å². The lowest BCUT2D eigenvalue weighted by molar-refractivity contribution is -0.139. The third kappa shape index (κ3) is 3.85. The fourth-order valence-corrected chi connectivity index (χ4v) is 3.05. The third-order valence-corrected chi connectivity index (χ3v) is 4.39. The zero-order valence-corrected chi connectivity index (χ0v) is 14.4. The maximum absolute atomic E-state index is 12.9. The van der Waals surface area contributed by atoms with Gasteiger partial charge in [-0.25, -0.2) is 0 Å². The summed E-state index contributed by atoms with van der Waals surface area (Å²) in [5.74, 6) is -0.690. The third-order valence-electron chi connectivity index (χ3n) is 4.39. The summed E-state index contributed by atoms with van der Waals surface area (Å²) in [6.07, 6.45) is 4.01. The molecule has 4 nitrogen and oxygen atoms in total. The molecule has 0 aromatic heterocycles. The molecule has 2 aromatic carbocycles. The highest BCUT2D eigenvalue weighted by Crippen LogP contribution is 2.35. The molecule has 0 N–H and O–H groups in total. The van der Waals surface area contributed by atoms with Gasteiger partial charge in [-0.2, -0.15) is 0 Å². The first-order chi connectivity index (χ1) is 12.2. The maximum atomic E-state index is 12.9. The summed E-state index contributed by atoms with van der Waals surface area (Å²) in [6.45, 7) is 2.43. The minimum Gasteiger partial charge on any atom is -0.278 e. The van der Waals surface area contributed by atoms with E-state index in [1.807, 2.05) is 60.8 Å². The van der Waals surface area contributed by atoms with E-state index in [-0.39, 0.29) is 18.2 Å². The molecule has 1 aliphatic rings. The molecular weight excluding hydrogens is 312 g/mol. The summed E-state index contributed by atoms with van der Waals surface area (Å²) >= 11 is 0. The predicted molar refractivity (Wildman–Crippen MR) is 98.9 cm³/mol. The fraction of sp³-hybridized carbons (Fsp3) is 0.286. The van der Waals surface area contributed by atoms with Crippen LogP contribution in [0.15, 0.2) is 59.6 Å². The van der Waals surface area contributed by atoms with Crippen molar-refractivity contribution >= 4 is 23.7 Å². The van der Waals surface area contributed by atoms with Crippen LogP contribution in [0.25, 0.3) is 0 Å². The lowest BCUT2D eigenvalue weighted by Gasteiger charge is -2.16. The van der Waals surface area contributed by atoms with Crippen LogP contribution in [-0.4, -0.2) is 22.9 Å². The topological polar surface area (TPSA) is 49.7 Å². The molecule has 25 heavy (non-hydrogen) atoms. The molecule has 1 atom stereocenters. The Morgan fingerprint density at radius 3 is 2.56 bits per heavy atom. The van der Waals surface area contributed by atoms with Gasteiger partial charge in [0.15, 0.2) is 0 Å². The van der Waals surface area contributed by atoms with Crippen molar-refractivity contribution in [2.45, 2.75) is 38.6 Å². The van der Waals surface area contributed by atoms with Crippen molar-refractivity contribution < 1.29 is 9.59 Å². The number of likely N-dealkylation sites (tertiary alicyclic amines) is 1. The van der Waals surface area contributed by atoms with Gasteiger partial charge >= 0.3 is 0 Å². The Labute approximate surface area is 148 Å². The molecule has 1 unspecified atom stereocenters. The number of benzene rings is 2. The van der Waals surface area contributed by atoms with Crippen molar-refractivity contribution in [1.29, 1.82) is 0 Å². The first-order valence-corrected chi connectivity index (χ1v) is 8.70. The molecule has 1 aliphatic heterocycles. The van der Waals surface area contributed by atoms with E-state index < -0.39 is 5.92 Å². The molecule has 0 spiro atoms. The van der Waals surface area contributed by atoms with Crippen LogP contribution in [0.3, 0.4) is 0 Å². The lowest BCUT2D eigenvalue weighted by atomic mass is 9.96. The minimum absolute atomic E-state index is 0.119. The Kier molecular flexibility index (Phi) is 5.39. The number of aliphatic imine (C=N–C) groups is 1. The van der Waals surface area contributed by atoms with Gasteiger partial charge in [-0.05, 0) is 23.6 Å². The number of para-hydroxylation sites is 1. The summed E-state index contributed by atoms with van der Waals surface area (Å²) in [4.78, 5) is 31.1. The molecule has 0 aliphatic carbocycles. The Balaban J connectivity index is 1.83. The Hall–Kier alpha value is -2.75. The average Bonchev–Trinajstić information content (AvgIpc) is 2.91. The number of hydrogen-bond acceptors (Lipinski definition) is 3. The molecule has 0 saturated carbocycles. The predicted octanol–water partition coefficient (Wildman–Crippen LogP) is 4.23. The first-order valence-electron chi connectivity index (χ1n) is 8.70. The van der Waals surface area contributed by atoms with Gasteiger partial charge in [0.25, 0.3) is 0 Å². The molecule has 0 radical (unpaired) electrons. The molecule has 1 saturated heterocycles. The van der Waals surface area contributed by atoms with Crippen LogP contribution in [0.4, 0.5) is 5.69 Å². The molecular formula is C21H22N2O2. The van der Waals surface area contributed by atoms with Crippen molar-refractivity contribution in [3.63, 3.8) is 0 Å². The molecule has 3 rings (SSSR count). The van der Waals surface area contributed by atoms with Gasteiger partial charge in [0.05, 0.1) is 18.2 Å². The standard InChI is InChI=1S/C21H22N2O2/c1-2-3-13-22-19-12-8-7-11-17(19)18-14-20(24)23(21(18)25)15-16-9-5-4-6-10-16/h4-13,18H,2-3,14-15H2,1H3. The Morgan fingerprint density at radius 2 is 1.80 bits per heavy atom. The summed E-state index contributed by atoms with van der Waals surface area (Å²) in [5.41, 5.74) is 2.58. The summed E-state index contributed by atoms with van der Waals surface area (Å²) in [7, 11) is 0. The zero-order chi connectivity index (χ0) is 17.6. The number of carbonyl (C=O) groups excluding carboxylic acids is 2. The summed E-state index contributed by atoms with van der Waals surface area (Å²) in [6, 6.07) is 17.2. The van der Waals surface area contributed by atoms with Crippen LogP contribution >= 0.6 is 0 Å². The van der Waals surface area contributed by atoms with Crippen LogP contribution in [0.5, 0.6) is 0 Å². The highest BCUT2D eigenvalue weighted by atomic mass is 16.2. The fourth-order valence-electron chi connectivity index (χ4n) is 3.05. The van der Waals surface area contributed by atoms with Crippen molar-refractivity contribution in [3.05, 3.63) is 65.7 Å². The van der Waals surface area contributed by atoms with Crippen LogP contribution in [0.2, 0.25) is 0 Å². The van der Waals surface area contributed by atoms with Gasteiger partial charge in [0, 0.05) is 12.6 Å². The van der Waals surface area contributed by atoms with Gasteiger partial charge in [-0.1, -0.05) is 61.9 Å². The van der Waals surface area contributed by atoms with Crippen LogP contribution in [-0.2, 0) is 16.1 Å². The van der Waals surface area contributed by atoms with E-state index >= 15 is 0 Å². The van der Waals surface area contributed by atoms with E-state index in [9.17, 15) is 9.59 Å². The summed E-state index contributed by atoms with van der Waals surface area (Å²) in [5, 5.41) is 0. The monoisotopic (exact) mass is 334 g/mol. The maximum Gasteiger partial charge on any atom is 0.237 e. The van der Waals surface area contributed by atoms with Crippen molar-refractivity contribution in [2.24, 2.45) is 4.99 Å². The Bertz CT molecular complexity index is 783. The van der Waals surface area contributed by atoms with E-state index in [0.717, 1.165) is 29.7 Å². The number of nitrogens with zero attached hydrogens (tertiary/aromatic N) is 2. The highest BCUT2D eigenvalue weighted by Gasteiger charge is 2.40. The normalized spacial score (nSPS) is 17.6. The van der Waals surface area contributed by atoms with Crippen molar-refractivity contribution in [2.75, 3.05) is 0 Å². The number of amides is 2. The average molecular weight is 334 g/mol. The SMILES string of the molecule is CCCC=Nc1ccccc1C1CC(=O)N(Cc2ccccc2)C1=O. The highest BCUT2D eigenvalue weighted by molar-refractivity contribution is 6.06. The largest absolute Gasteiger partial charge is 0.278 e. The number of unbranched alkanes of at least 4 members (excludes halogenated alkanes) is 1. The second-order valence-corrected chi connectivity index (χ2v) is 6.22. The van der Waals surface area contributed by atoms with Crippen molar-refractivity contribution in [3.8, 4) is 0 Å². The first kappa shape index (κ1) is 17.1. The van der Waals surface area contributed by atoms with Gasteiger partial charge in [-0.3, -0.25) is 19.5 Å². The van der Waals surface area contributed by atoms with Crippen LogP contribution < -0.4 is 0 Å². The van der Waals surface area contributed by atoms with Crippen molar-refractivity contribution in [1.82, 2.24) is 4.90 Å². The zero-order valence-electron chi connectivity index (χ0n) is 14.4. The number of rotatable bonds is 6.